The Morgan fingerprint density at radius 1 is 1.14 bits per heavy atom. The second-order valence-electron chi connectivity index (χ2n) is 7.03. The largest absolute Gasteiger partial charge is 0.332 e. The van der Waals surface area contributed by atoms with Gasteiger partial charge in [-0.15, -0.1) is 11.8 Å². The zero-order chi connectivity index (χ0) is 20.4. The lowest BCUT2D eigenvalue weighted by Gasteiger charge is -2.20. The maximum atomic E-state index is 12.7. The molecule has 28 heavy (non-hydrogen) atoms. The normalized spacial score (nSPS) is 12.8. The van der Waals surface area contributed by atoms with Gasteiger partial charge in [-0.2, -0.15) is 0 Å². The van der Waals surface area contributed by atoms with Gasteiger partial charge in [0.1, 0.15) is 0 Å². The van der Waals surface area contributed by atoms with Crippen molar-refractivity contribution >= 4 is 40.9 Å². The third kappa shape index (κ3) is 4.36. The quantitative estimate of drug-likeness (QED) is 0.829. The Morgan fingerprint density at radius 3 is 2.50 bits per heavy atom. The summed E-state index contributed by atoms with van der Waals surface area (Å²) in [7, 11) is 1.59. The van der Waals surface area contributed by atoms with Crippen LogP contribution in [-0.2, 0) is 9.59 Å². The van der Waals surface area contributed by atoms with Crippen molar-refractivity contribution in [1.29, 1.82) is 0 Å². The van der Waals surface area contributed by atoms with Crippen molar-refractivity contribution in [2.45, 2.75) is 25.7 Å². The highest BCUT2D eigenvalue weighted by Gasteiger charge is 2.20. The number of anilines is 2. The van der Waals surface area contributed by atoms with E-state index in [2.05, 4.69) is 10.6 Å². The predicted octanol–water partition coefficient (Wildman–Crippen LogP) is 3.37. The highest BCUT2D eigenvalue weighted by molar-refractivity contribution is 8.00. The molecule has 146 valence electrons. The summed E-state index contributed by atoms with van der Waals surface area (Å²) >= 11 is 1.44. The number of amides is 3. The van der Waals surface area contributed by atoms with Gasteiger partial charge in [-0.1, -0.05) is 17.7 Å². The van der Waals surface area contributed by atoms with Crippen molar-refractivity contribution in [3.63, 3.8) is 0 Å². The smallest absolute Gasteiger partial charge is 0.254 e. The van der Waals surface area contributed by atoms with Crippen molar-refractivity contribution in [1.82, 2.24) is 4.90 Å². The van der Waals surface area contributed by atoms with Gasteiger partial charge in [0.25, 0.3) is 5.91 Å². The lowest BCUT2D eigenvalue weighted by molar-refractivity contribution is -0.116. The Bertz CT molecular complexity index is 948. The molecule has 0 bridgehead atoms. The van der Waals surface area contributed by atoms with Crippen LogP contribution in [0, 0.1) is 20.8 Å². The third-order valence-corrected chi connectivity index (χ3v) is 5.60. The van der Waals surface area contributed by atoms with E-state index >= 15 is 0 Å². The zero-order valence-electron chi connectivity index (χ0n) is 16.4. The van der Waals surface area contributed by atoms with Gasteiger partial charge in [-0.3, -0.25) is 14.4 Å². The van der Waals surface area contributed by atoms with E-state index in [9.17, 15) is 14.4 Å². The monoisotopic (exact) mass is 397 g/mol. The standard InChI is InChI=1S/C21H23N3O3S/c1-12-7-13(2)20(14(3)8-12)23-18(25)10-24(4)21(27)15-5-6-17-16(9-15)22-19(26)11-28-17/h5-9H,10-11H2,1-4H3,(H,22,26)(H,23,25). The molecular weight excluding hydrogens is 374 g/mol. The number of nitrogens with zero attached hydrogens (tertiary/aromatic N) is 1. The fourth-order valence-corrected chi connectivity index (χ4v) is 4.07. The molecule has 0 fully saturated rings. The van der Waals surface area contributed by atoms with E-state index in [0.717, 1.165) is 27.3 Å². The van der Waals surface area contributed by atoms with Gasteiger partial charge in [-0.05, 0) is 50.1 Å². The molecule has 0 saturated heterocycles. The zero-order valence-corrected chi connectivity index (χ0v) is 17.2. The molecule has 2 N–H and O–H groups in total. The molecule has 0 radical (unpaired) electrons. The van der Waals surface area contributed by atoms with Crippen LogP contribution in [0.1, 0.15) is 27.0 Å². The van der Waals surface area contributed by atoms with Gasteiger partial charge in [0.2, 0.25) is 11.8 Å². The number of carbonyl (C=O) groups is 3. The van der Waals surface area contributed by atoms with Crippen LogP contribution >= 0.6 is 11.8 Å². The van der Waals surface area contributed by atoms with Gasteiger partial charge in [0, 0.05) is 23.2 Å². The summed E-state index contributed by atoms with van der Waals surface area (Å²) in [5.41, 5.74) is 4.96. The van der Waals surface area contributed by atoms with Crippen LogP contribution in [0.5, 0.6) is 0 Å². The van der Waals surface area contributed by atoms with Crippen LogP contribution in [0.4, 0.5) is 11.4 Å². The minimum atomic E-state index is -0.278. The van der Waals surface area contributed by atoms with Crippen LogP contribution in [-0.4, -0.2) is 42.0 Å². The lowest BCUT2D eigenvalue weighted by Crippen LogP contribution is -2.35. The van der Waals surface area contributed by atoms with Crippen LogP contribution in [0.15, 0.2) is 35.2 Å². The van der Waals surface area contributed by atoms with E-state index < -0.39 is 0 Å². The fourth-order valence-electron chi connectivity index (χ4n) is 3.28. The van der Waals surface area contributed by atoms with E-state index in [1.165, 1.54) is 16.7 Å². The minimum Gasteiger partial charge on any atom is -0.332 e. The summed E-state index contributed by atoms with van der Waals surface area (Å²) in [6, 6.07) is 9.21. The number of likely N-dealkylation sites (N-methyl/N-ethyl adjacent to an activating group) is 1. The van der Waals surface area contributed by atoms with Crippen molar-refractivity contribution in [3.05, 3.63) is 52.6 Å². The Balaban J connectivity index is 1.68. The summed E-state index contributed by atoms with van der Waals surface area (Å²) in [6.45, 7) is 5.84. The van der Waals surface area contributed by atoms with E-state index in [0.29, 0.717) is 17.0 Å². The fraction of sp³-hybridized carbons (Fsp3) is 0.286. The number of hydrogen-bond acceptors (Lipinski definition) is 4. The molecule has 2 aromatic rings. The number of aryl methyl sites for hydroxylation is 3. The van der Waals surface area contributed by atoms with Crippen LogP contribution < -0.4 is 10.6 Å². The van der Waals surface area contributed by atoms with Gasteiger partial charge in [0.15, 0.2) is 0 Å². The molecule has 7 heteroatoms. The molecule has 1 aliphatic rings. The molecule has 0 aromatic heterocycles. The molecule has 1 heterocycles. The van der Waals surface area contributed by atoms with E-state index in [1.807, 2.05) is 39.0 Å². The van der Waals surface area contributed by atoms with Gasteiger partial charge in [0.05, 0.1) is 18.0 Å². The summed E-state index contributed by atoms with van der Waals surface area (Å²) in [5, 5.41) is 5.68. The Labute approximate surface area is 168 Å². The Kier molecular flexibility index (Phi) is 5.74. The van der Waals surface area contributed by atoms with Crippen molar-refractivity contribution in [3.8, 4) is 0 Å². The van der Waals surface area contributed by atoms with E-state index in [-0.39, 0.29) is 24.3 Å². The summed E-state index contributed by atoms with van der Waals surface area (Å²) in [5.74, 6) is -0.246. The first-order chi connectivity index (χ1) is 13.2. The summed E-state index contributed by atoms with van der Waals surface area (Å²) in [6.07, 6.45) is 0. The first kappa shape index (κ1) is 19.9. The molecule has 1 aliphatic heterocycles. The number of carbonyl (C=O) groups excluding carboxylic acids is 3. The molecule has 3 amide bonds. The summed E-state index contributed by atoms with van der Waals surface area (Å²) < 4.78 is 0. The predicted molar refractivity (Wildman–Crippen MR) is 112 cm³/mol. The third-order valence-electron chi connectivity index (χ3n) is 4.53. The lowest BCUT2D eigenvalue weighted by atomic mass is 10.1. The second kappa shape index (κ2) is 8.06. The molecule has 0 spiro atoms. The Morgan fingerprint density at radius 2 is 1.82 bits per heavy atom. The number of fused-ring (bicyclic) bond motifs is 1. The van der Waals surface area contributed by atoms with Gasteiger partial charge < -0.3 is 15.5 Å². The first-order valence-electron chi connectivity index (χ1n) is 8.94. The number of rotatable bonds is 4. The SMILES string of the molecule is Cc1cc(C)c(NC(=O)CN(C)C(=O)c2ccc3c(c2)NC(=O)CS3)c(C)c1. The number of nitrogens with one attached hydrogen (secondary N) is 2. The highest BCUT2D eigenvalue weighted by Crippen LogP contribution is 2.32. The van der Waals surface area contributed by atoms with Crippen LogP contribution in [0.2, 0.25) is 0 Å². The number of hydrogen-bond donors (Lipinski definition) is 2. The molecule has 2 aromatic carbocycles. The molecule has 0 aliphatic carbocycles. The average molecular weight is 398 g/mol. The first-order valence-corrected chi connectivity index (χ1v) is 9.93. The summed E-state index contributed by atoms with van der Waals surface area (Å²) in [4.78, 5) is 39.0. The van der Waals surface area contributed by atoms with Gasteiger partial charge >= 0.3 is 0 Å². The van der Waals surface area contributed by atoms with Crippen molar-refractivity contribution < 1.29 is 14.4 Å². The maximum Gasteiger partial charge on any atom is 0.254 e. The molecule has 3 rings (SSSR count). The van der Waals surface area contributed by atoms with E-state index in [4.69, 9.17) is 0 Å². The highest BCUT2D eigenvalue weighted by atomic mass is 32.2. The number of benzene rings is 2. The number of thioether (sulfide) groups is 1. The molecule has 6 nitrogen and oxygen atoms in total. The Hall–Kier alpha value is -2.80. The average Bonchev–Trinajstić information content (AvgIpc) is 2.63. The molecule has 0 atom stereocenters. The molecular formula is C21H23N3O3S. The topological polar surface area (TPSA) is 78.5 Å². The minimum absolute atomic E-state index is 0.0657. The van der Waals surface area contributed by atoms with Crippen LogP contribution in [0.3, 0.4) is 0 Å². The van der Waals surface area contributed by atoms with Crippen molar-refractivity contribution in [2.75, 3.05) is 30.0 Å². The van der Waals surface area contributed by atoms with Crippen LogP contribution in [0.25, 0.3) is 0 Å². The van der Waals surface area contributed by atoms with Gasteiger partial charge in [-0.25, -0.2) is 0 Å². The molecule has 0 unspecified atom stereocenters. The van der Waals surface area contributed by atoms with Crippen molar-refractivity contribution in [2.24, 2.45) is 0 Å². The van der Waals surface area contributed by atoms with E-state index in [1.54, 1.807) is 19.2 Å². The second-order valence-corrected chi connectivity index (χ2v) is 8.05. The maximum absolute atomic E-state index is 12.7. The molecule has 0 saturated carbocycles.